The second-order valence-electron chi connectivity index (χ2n) is 3.14. The van der Waals surface area contributed by atoms with Gasteiger partial charge in [-0.25, -0.2) is 0 Å². The van der Waals surface area contributed by atoms with E-state index in [1.54, 1.807) is 0 Å². The van der Waals surface area contributed by atoms with Crippen LogP contribution in [0.4, 0.5) is 0 Å². The topological polar surface area (TPSA) is 69.6 Å². The fourth-order valence-electron chi connectivity index (χ4n) is 1.49. The number of hydrogen-bond acceptors (Lipinski definition) is 3. The number of hydrazine groups is 1. The van der Waals surface area contributed by atoms with Crippen molar-refractivity contribution in [1.82, 2.24) is 10.4 Å². The van der Waals surface area contributed by atoms with Crippen molar-refractivity contribution in [1.29, 1.82) is 0 Å². The lowest BCUT2D eigenvalue weighted by Crippen LogP contribution is -2.52. The number of aliphatic hydroxyl groups is 1. The Morgan fingerprint density at radius 2 is 2.25 bits per heavy atom. The number of rotatable bonds is 2. The maximum atomic E-state index is 11.3. The van der Waals surface area contributed by atoms with Gasteiger partial charge in [-0.3, -0.25) is 20.0 Å². The van der Waals surface area contributed by atoms with E-state index in [0.29, 0.717) is 6.42 Å². The average molecular weight is 170 g/mol. The Kier molecular flexibility index (Phi) is 1.54. The fourth-order valence-corrected chi connectivity index (χ4v) is 1.49. The third-order valence-corrected chi connectivity index (χ3v) is 2.28. The van der Waals surface area contributed by atoms with E-state index in [1.165, 1.54) is 5.01 Å². The smallest absolute Gasteiger partial charge is 0.244 e. The summed E-state index contributed by atoms with van der Waals surface area (Å²) in [6.07, 6.45) is 0.673. The molecule has 1 saturated heterocycles. The molecule has 0 unspecified atom stereocenters. The van der Waals surface area contributed by atoms with Crippen LogP contribution in [0, 0.1) is 11.8 Å². The van der Waals surface area contributed by atoms with Crippen molar-refractivity contribution in [3.05, 3.63) is 0 Å². The highest BCUT2D eigenvalue weighted by molar-refractivity contribution is 5.97. The molecule has 0 aromatic heterocycles. The lowest BCUT2D eigenvalue weighted by Gasteiger charge is -2.25. The first-order chi connectivity index (χ1) is 5.74. The second-order valence-corrected chi connectivity index (χ2v) is 3.14. The van der Waals surface area contributed by atoms with Crippen molar-refractivity contribution in [2.24, 2.45) is 11.8 Å². The molecule has 1 aliphatic heterocycles. The average Bonchev–Trinajstić information content (AvgIpc) is 2.79. The predicted octanol–water partition coefficient (Wildman–Crippen LogP) is -1.51. The number of aliphatic hydroxyl groups excluding tert-OH is 1. The highest BCUT2D eigenvalue weighted by Crippen LogP contribution is 2.42. The molecule has 2 rings (SSSR count). The van der Waals surface area contributed by atoms with Crippen LogP contribution in [-0.4, -0.2) is 35.1 Å². The van der Waals surface area contributed by atoms with Crippen LogP contribution in [0.5, 0.6) is 0 Å². The predicted molar refractivity (Wildman–Crippen MR) is 38.5 cm³/mol. The van der Waals surface area contributed by atoms with E-state index >= 15 is 0 Å². The van der Waals surface area contributed by atoms with Crippen molar-refractivity contribution in [3.63, 3.8) is 0 Å². The Morgan fingerprint density at radius 3 is 2.92 bits per heavy atom. The third kappa shape index (κ3) is 0.972. The molecule has 1 aliphatic carbocycles. The Morgan fingerprint density at radius 1 is 1.50 bits per heavy atom. The number of carbonyl (C=O) groups excluding carboxylic acids is 2. The van der Waals surface area contributed by atoms with Gasteiger partial charge in [-0.2, -0.15) is 0 Å². The molecular weight excluding hydrogens is 160 g/mol. The molecule has 2 fully saturated rings. The Labute approximate surface area is 69.3 Å². The van der Waals surface area contributed by atoms with Gasteiger partial charge in [-0.15, -0.1) is 0 Å². The first kappa shape index (κ1) is 7.54. The van der Waals surface area contributed by atoms with Crippen molar-refractivity contribution in [2.75, 3.05) is 13.2 Å². The molecule has 0 spiro atoms. The van der Waals surface area contributed by atoms with Crippen LogP contribution in [0.3, 0.4) is 0 Å². The number of hydrogen-bond donors (Lipinski definition) is 2. The zero-order valence-electron chi connectivity index (χ0n) is 6.49. The van der Waals surface area contributed by atoms with Crippen LogP contribution in [-0.2, 0) is 9.59 Å². The van der Waals surface area contributed by atoms with Crippen molar-refractivity contribution < 1.29 is 14.7 Å². The molecule has 2 atom stereocenters. The van der Waals surface area contributed by atoms with Gasteiger partial charge in [0, 0.05) is 0 Å². The Hall–Kier alpha value is -1.10. The van der Waals surface area contributed by atoms with Gasteiger partial charge in [0.25, 0.3) is 0 Å². The van der Waals surface area contributed by atoms with E-state index in [2.05, 4.69) is 5.43 Å². The maximum Gasteiger partial charge on any atom is 0.244 e. The van der Waals surface area contributed by atoms with Crippen LogP contribution in [0.25, 0.3) is 0 Å². The SMILES string of the molecule is O=C1NN(CCO)C(=O)[C@H]2C[C@@H]12. The van der Waals surface area contributed by atoms with Crippen LogP contribution < -0.4 is 5.43 Å². The summed E-state index contributed by atoms with van der Waals surface area (Å²) in [4.78, 5) is 22.4. The zero-order valence-corrected chi connectivity index (χ0v) is 6.49. The minimum atomic E-state index is -0.122. The molecule has 5 nitrogen and oxygen atoms in total. The number of nitrogens with zero attached hydrogens (tertiary/aromatic N) is 1. The quantitative estimate of drug-likeness (QED) is 0.529. The number of fused-ring (bicyclic) bond motifs is 1. The van der Waals surface area contributed by atoms with Gasteiger partial charge in [0.1, 0.15) is 0 Å². The molecule has 5 heteroatoms. The monoisotopic (exact) mass is 170 g/mol. The Balaban J connectivity index is 2.05. The van der Waals surface area contributed by atoms with Crippen LogP contribution in [0.1, 0.15) is 6.42 Å². The van der Waals surface area contributed by atoms with Crippen molar-refractivity contribution >= 4 is 11.8 Å². The number of β-amino-alcohol motifs (C(OH)–C–C–N with tert-alkyl or cyclic N) is 1. The van der Waals surface area contributed by atoms with Gasteiger partial charge in [-0.05, 0) is 6.42 Å². The van der Waals surface area contributed by atoms with Crippen molar-refractivity contribution in [2.45, 2.75) is 6.42 Å². The second kappa shape index (κ2) is 2.45. The molecule has 1 heterocycles. The molecule has 66 valence electrons. The normalized spacial score (nSPS) is 32.9. The summed E-state index contributed by atoms with van der Waals surface area (Å²) in [6.45, 7) is 0.0667. The molecule has 2 aliphatic rings. The molecule has 1 saturated carbocycles. The van der Waals surface area contributed by atoms with E-state index in [9.17, 15) is 9.59 Å². The maximum absolute atomic E-state index is 11.3. The molecular formula is C7H10N2O3. The van der Waals surface area contributed by atoms with Crippen LogP contribution >= 0.6 is 0 Å². The van der Waals surface area contributed by atoms with Gasteiger partial charge >= 0.3 is 0 Å². The lowest BCUT2D eigenvalue weighted by molar-refractivity contribution is -0.148. The van der Waals surface area contributed by atoms with E-state index in [1.807, 2.05) is 0 Å². The Bertz CT molecular complexity index is 241. The summed E-state index contributed by atoms with van der Waals surface area (Å²) < 4.78 is 0. The molecule has 0 aromatic rings. The lowest BCUT2D eigenvalue weighted by atomic mass is 10.2. The molecule has 0 radical (unpaired) electrons. The summed E-state index contributed by atoms with van der Waals surface area (Å²) in [5, 5.41) is 9.78. The molecule has 12 heavy (non-hydrogen) atoms. The van der Waals surface area contributed by atoms with E-state index in [4.69, 9.17) is 5.11 Å². The van der Waals surface area contributed by atoms with E-state index in [0.717, 1.165) is 0 Å². The minimum Gasteiger partial charge on any atom is -0.394 e. The van der Waals surface area contributed by atoms with Crippen LogP contribution in [0.2, 0.25) is 0 Å². The van der Waals surface area contributed by atoms with Gasteiger partial charge in [0.2, 0.25) is 11.8 Å². The fraction of sp³-hybridized carbons (Fsp3) is 0.714. The minimum absolute atomic E-state index is 0.0614. The molecule has 0 bridgehead atoms. The highest BCUT2D eigenvalue weighted by atomic mass is 16.3. The van der Waals surface area contributed by atoms with Gasteiger partial charge in [0.15, 0.2) is 0 Å². The van der Waals surface area contributed by atoms with Crippen LogP contribution in [0.15, 0.2) is 0 Å². The first-order valence-electron chi connectivity index (χ1n) is 3.97. The van der Waals surface area contributed by atoms with Gasteiger partial charge in [-0.1, -0.05) is 0 Å². The molecule has 2 amide bonds. The summed E-state index contributed by atoms with van der Waals surface area (Å²) in [5.41, 5.74) is 2.44. The molecule has 2 N–H and O–H groups in total. The number of nitrogens with one attached hydrogen (secondary N) is 1. The summed E-state index contributed by atoms with van der Waals surface area (Å²) in [6, 6.07) is 0. The zero-order chi connectivity index (χ0) is 8.72. The third-order valence-electron chi connectivity index (χ3n) is 2.28. The number of amides is 2. The van der Waals surface area contributed by atoms with Crippen molar-refractivity contribution in [3.8, 4) is 0 Å². The van der Waals surface area contributed by atoms with E-state index in [-0.39, 0.29) is 36.8 Å². The summed E-state index contributed by atoms with van der Waals surface area (Å²) >= 11 is 0. The first-order valence-corrected chi connectivity index (χ1v) is 3.97. The molecule has 0 aromatic carbocycles. The largest absolute Gasteiger partial charge is 0.394 e. The van der Waals surface area contributed by atoms with E-state index < -0.39 is 0 Å². The van der Waals surface area contributed by atoms with Gasteiger partial charge in [0.05, 0.1) is 25.0 Å². The highest BCUT2D eigenvalue weighted by Gasteiger charge is 2.53. The summed E-state index contributed by atoms with van der Waals surface area (Å²) in [5.74, 6) is -0.348. The van der Waals surface area contributed by atoms with Gasteiger partial charge < -0.3 is 5.11 Å². The standard InChI is InChI=1S/C7H10N2O3/c10-2-1-9-7(12)5-3-4(5)6(11)8-9/h4-5,10H,1-3H2,(H,8,11)/t4-,5+/m1/s1. The number of carbonyl (C=O) groups is 2. The summed E-state index contributed by atoms with van der Waals surface area (Å²) in [7, 11) is 0.